The van der Waals surface area contributed by atoms with Gasteiger partial charge in [0.25, 0.3) is 0 Å². The Bertz CT molecular complexity index is 758. The number of benzene rings is 1. The van der Waals surface area contributed by atoms with Crippen molar-refractivity contribution in [3.63, 3.8) is 0 Å². The minimum Gasteiger partial charge on any atom is -0.356 e. The third-order valence-electron chi connectivity index (χ3n) is 4.58. The minimum atomic E-state index is -0.121. The van der Waals surface area contributed by atoms with Gasteiger partial charge in [-0.25, -0.2) is 4.39 Å². The molecule has 142 valence electrons. The van der Waals surface area contributed by atoms with Crippen LogP contribution in [-0.4, -0.2) is 35.4 Å². The van der Waals surface area contributed by atoms with Crippen LogP contribution >= 0.6 is 24.0 Å². The predicted molar refractivity (Wildman–Crippen MR) is 114 cm³/mol. The van der Waals surface area contributed by atoms with Gasteiger partial charge in [-0.15, -0.1) is 24.0 Å². The smallest absolute Gasteiger partial charge is 0.191 e. The van der Waals surface area contributed by atoms with E-state index >= 15 is 0 Å². The van der Waals surface area contributed by atoms with E-state index in [9.17, 15) is 4.39 Å². The lowest BCUT2D eigenvalue weighted by atomic mass is 10.1. The number of halogens is 2. The Morgan fingerprint density at radius 3 is 2.77 bits per heavy atom. The first-order valence-corrected chi connectivity index (χ1v) is 8.81. The van der Waals surface area contributed by atoms with Crippen molar-refractivity contribution in [1.82, 2.24) is 20.4 Å². The van der Waals surface area contributed by atoms with E-state index in [1.54, 1.807) is 13.1 Å². The number of hydrogen-bond donors (Lipinski definition) is 2. The van der Waals surface area contributed by atoms with Gasteiger partial charge in [0, 0.05) is 37.8 Å². The first kappa shape index (κ1) is 20.7. The molecule has 1 aromatic heterocycles. The van der Waals surface area contributed by atoms with E-state index in [0.717, 1.165) is 43.1 Å². The number of aromatic nitrogens is 2. The lowest BCUT2D eigenvalue weighted by Gasteiger charge is -2.12. The second-order valence-electron chi connectivity index (χ2n) is 6.62. The third kappa shape index (κ3) is 5.18. The van der Waals surface area contributed by atoms with Crippen LogP contribution in [0, 0.1) is 19.7 Å². The molecule has 0 aliphatic heterocycles. The summed E-state index contributed by atoms with van der Waals surface area (Å²) >= 11 is 0. The fraction of sp³-hybridized carbons (Fsp3) is 0.474. The molecule has 2 unspecified atom stereocenters. The topological polar surface area (TPSA) is 54.2 Å². The maximum atomic E-state index is 13.8. The van der Waals surface area contributed by atoms with Gasteiger partial charge >= 0.3 is 0 Å². The fourth-order valence-corrected chi connectivity index (χ4v) is 3.18. The molecule has 7 heteroatoms. The molecule has 2 atom stereocenters. The van der Waals surface area contributed by atoms with Gasteiger partial charge in [-0.05, 0) is 44.4 Å². The molecule has 1 aliphatic carbocycles. The highest BCUT2D eigenvalue weighted by Crippen LogP contribution is 2.41. The summed E-state index contributed by atoms with van der Waals surface area (Å²) in [6, 6.07) is 9.35. The number of guanidine groups is 1. The Labute approximate surface area is 171 Å². The third-order valence-corrected chi connectivity index (χ3v) is 4.58. The second-order valence-corrected chi connectivity index (χ2v) is 6.62. The molecule has 5 nitrogen and oxygen atoms in total. The van der Waals surface area contributed by atoms with Crippen molar-refractivity contribution in [2.45, 2.75) is 45.2 Å². The first-order valence-electron chi connectivity index (χ1n) is 8.81. The van der Waals surface area contributed by atoms with Crippen LogP contribution in [0.1, 0.15) is 35.7 Å². The summed E-state index contributed by atoms with van der Waals surface area (Å²) < 4.78 is 15.9. The van der Waals surface area contributed by atoms with Crippen molar-refractivity contribution in [2.75, 3.05) is 13.6 Å². The highest BCUT2D eigenvalue weighted by atomic mass is 127. The zero-order valence-electron chi connectivity index (χ0n) is 15.5. The van der Waals surface area contributed by atoms with E-state index in [4.69, 9.17) is 0 Å². The summed E-state index contributed by atoms with van der Waals surface area (Å²) in [5.74, 6) is 0.885. The summed E-state index contributed by atoms with van der Waals surface area (Å²) in [5, 5.41) is 11.2. The Hall–Kier alpha value is -1.64. The number of nitrogens with one attached hydrogen (secondary N) is 2. The van der Waals surface area contributed by atoms with Crippen molar-refractivity contribution >= 4 is 29.9 Å². The van der Waals surface area contributed by atoms with E-state index in [1.165, 1.54) is 11.8 Å². The molecule has 0 saturated heterocycles. The van der Waals surface area contributed by atoms with Crippen LogP contribution in [0.3, 0.4) is 0 Å². The molecule has 1 aliphatic rings. The number of hydrogen-bond acceptors (Lipinski definition) is 2. The van der Waals surface area contributed by atoms with Crippen LogP contribution < -0.4 is 10.6 Å². The van der Waals surface area contributed by atoms with Crippen LogP contribution in [0.5, 0.6) is 0 Å². The molecule has 1 saturated carbocycles. The number of nitrogens with zero attached hydrogens (tertiary/aromatic N) is 3. The zero-order valence-corrected chi connectivity index (χ0v) is 17.8. The van der Waals surface area contributed by atoms with Gasteiger partial charge in [-0.1, -0.05) is 18.2 Å². The fourth-order valence-electron chi connectivity index (χ4n) is 3.18. The lowest BCUT2D eigenvalue weighted by molar-refractivity contribution is 0.555. The summed E-state index contributed by atoms with van der Waals surface area (Å²) in [6.45, 7) is 5.78. The van der Waals surface area contributed by atoms with E-state index < -0.39 is 0 Å². The van der Waals surface area contributed by atoms with Gasteiger partial charge in [-0.3, -0.25) is 9.67 Å². The predicted octanol–water partition coefficient (Wildman–Crippen LogP) is 3.37. The quantitative estimate of drug-likeness (QED) is 0.294. The maximum Gasteiger partial charge on any atom is 0.191 e. The summed E-state index contributed by atoms with van der Waals surface area (Å²) in [6.07, 6.45) is 1.90. The van der Waals surface area contributed by atoms with Gasteiger partial charge in [0.1, 0.15) is 5.82 Å². The molecule has 0 amide bonds. The van der Waals surface area contributed by atoms with Gasteiger partial charge in [0.15, 0.2) is 5.96 Å². The number of aryl methyl sites for hydroxylation is 3. The van der Waals surface area contributed by atoms with Gasteiger partial charge in [0.05, 0.1) is 5.69 Å². The lowest BCUT2D eigenvalue weighted by Crippen LogP contribution is -2.39. The Balaban J connectivity index is 0.00000243. The standard InChI is InChI=1S/C19H26FN5.HI/c1-13-11-14(2)25(24-13)10-6-9-22-19(21-3)23-18-12-16(18)15-7-4-5-8-17(15)20;/h4-5,7-8,11,16,18H,6,9-10,12H2,1-3H3,(H2,21,22,23);1H. The van der Waals surface area contributed by atoms with Crippen LogP contribution in [0.15, 0.2) is 35.3 Å². The number of rotatable bonds is 6. The van der Waals surface area contributed by atoms with E-state index in [1.807, 2.05) is 23.7 Å². The summed E-state index contributed by atoms with van der Waals surface area (Å²) in [5.41, 5.74) is 3.03. The van der Waals surface area contributed by atoms with Crippen molar-refractivity contribution in [2.24, 2.45) is 4.99 Å². The van der Waals surface area contributed by atoms with Crippen molar-refractivity contribution in [1.29, 1.82) is 0 Å². The molecule has 1 aromatic carbocycles. The van der Waals surface area contributed by atoms with Crippen molar-refractivity contribution in [3.05, 3.63) is 53.1 Å². The molecular formula is C19H27FIN5. The van der Waals surface area contributed by atoms with Crippen LogP contribution in [0.2, 0.25) is 0 Å². The largest absolute Gasteiger partial charge is 0.356 e. The normalized spacial score (nSPS) is 19.0. The molecule has 1 fully saturated rings. The Morgan fingerprint density at radius 2 is 2.12 bits per heavy atom. The molecule has 0 bridgehead atoms. The molecular weight excluding hydrogens is 444 g/mol. The average molecular weight is 471 g/mol. The SMILES string of the molecule is CN=C(NCCCn1nc(C)cc1C)NC1CC1c1ccccc1F.I. The maximum absolute atomic E-state index is 13.8. The van der Waals surface area contributed by atoms with Crippen LogP contribution in [0.4, 0.5) is 4.39 Å². The second kappa shape index (κ2) is 9.34. The molecule has 0 spiro atoms. The monoisotopic (exact) mass is 471 g/mol. The Morgan fingerprint density at radius 1 is 1.35 bits per heavy atom. The first-order chi connectivity index (χ1) is 12.1. The molecule has 3 rings (SSSR count). The molecule has 2 N–H and O–H groups in total. The molecule has 2 aromatic rings. The molecule has 0 radical (unpaired) electrons. The highest BCUT2D eigenvalue weighted by Gasteiger charge is 2.40. The van der Waals surface area contributed by atoms with E-state index in [2.05, 4.69) is 33.7 Å². The van der Waals surface area contributed by atoms with Gasteiger partial charge in [-0.2, -0.15) is 5.10 Å². The average Bonchev–Trinajstić information content (AvgIpc) is 3.27. The van der Waals surface area contributed by atoms with Crippen molar-refractivity contribution in [3.8, 4) is 0 Å². The molecule has 26 heavy (non-hydrogen) atoms. The summed E-state index contributed by atoms with van der Waals surface area (Å²) in [7, 11) is 1.76. The van der Waals surface area contributed by atoms with Gasteiger partial charge in [0.2, 0.25) is 0 Å². The summed E-state index contributed by atoms with van der Waals surface area (Å²) in [4.78, 5) is 4.26. The van der Waals surface area contributed by atoms with E-state index in [-0.39, 0.29) is 41.8 Å². The van der Waals surface area contributed by atoms with Crippen LogP contribution in [-0.2, 0) is 6.54 Å². The highest BCUT2D eigenvalue weighted by molar-refractivity contribution is 14.0. The number of aliphatic imine (C=N–C) groups is 1. The van der Waals surface area contributed by atoms with Crippen LogP contribution in [0.25, 0.3) is 0 Å². The van der Waals surface area contributed by atoms with Gasteiger partial charge < -0.3 is 10.6 Å². The minimum absolute atomic E-state index is 0. The van der Waals surface area contributed by atoms with Crippen molar-refractivity contribution < 1.29 is 4.39 Å². The molecule has 1 heterocycles. The van der Waals surface area contributed by atoms with E-state index in [0.29, 0.717) is 0 Å². The Kier molecular flexibility index (Phi) is 7.43. The zero-order chi connectivity index (χ0) is 17.8.